The number of likely N-dealkylation sites (N-methyl/N-ethyl adjacent to an activating group) is 1. The summed E-state index contributed by atoms with van der Waals surface area (Å²) in [7, 11) is 1.14. The van der Waals surface area contributed by atoms with Gasteiger partial charge in [0.1, 0.15) is 19.8 Å². The number of rotatable bonds is 62. The Morgan fingerprint density at radius 3 is 0.988 bits per heavy atom. The number of hydrogen-bond acceptors (Lipinski definition) is 8. The van der Waals surface area contributed by atoms with E-state index in [-0.39, 0.29) is 26.1 Å². The van der Waals surface area contributed by atoms with Crippen molar-refractivity contribution in [3.05, 3.63) is 146 Å². The molecule has 0 aliphatic heterocycles. The number of carbonyl (C=O) groups is 2. The molecule has 10 heteroatoms. The van der Waals surface area contributed by atoms with Crippen molar-refractivity contribution >= 4 is 19.8 Å². The lowest BCUT2D eigenvalue weighted by molar-refractivity contribution is -0.870. The molecular formula is C76H128NO8P. The molecule has 0 amide bonds. The standard InChI is InChI=1S/C76H128NO8P/c1-6-8-10-12-14-16-18-20-22-24-26-28-30-32-33-34-35-36-37-38-39-40-41-42-43-45-47-49-51-53-55-57-59-61-63-65-67-69-76(79)85-74(73-84-86(80,81)83-71-70-77(3,4)5)72-82-75(78)68-66-64-62-60-58-56-54-52-50-48-46-44-31-29-27-25-23-21-19-17-15-13-11-9-7-2/h8,10,14,16,19-22,25-28,31-33,35-36,38-39,41-42,44-45,47,74H,6-7,9,11-13,15,17-18,23-24,29-30,34,37,40,43,46,48-73H2,1-5H3/b10-8-,16-14-,21-19-,22-20-,27-25-,28-26-,33-32-,36-35-,39-38-,42-41-,44-31-,47-45-. The van der Waals surface area contributed by atoms with E-state index in [1.807, 2.05) is 21.1 Å². The molecule has 86 heavy (non-hydrogen) atoms. The van der Waals surface area contributed by atoms with Crippen molar-refractivity contribution in [2.75, 3.05) is 47.5 Å². The van der Waals surface area contributed by atoms with Crippen LogP contribution in [-0.2, 0) is 32.7 Å². The predicted octanol–water partition coefficient (Wildman–Crippen LogP) is 22.0. The van der Waals surface area contributed by atoms with E-state index in [4.69, 9.17) is 18.5 Å². The summed E-state index contributed by atoms with van der Waals surface area (Å²) < 4.78 is 34.3. The van der Waals surface area contributed by atoms with Crippen LogP contribution in [0.4, 0.5) is 0 Å². The van der Waals surface area contributed by atoms with E-state index in [1.165, 1.54) is 109 Å². The van der Waals surface area contributed by atoms with Crippen molar-refractivity contribution < 1.29 is 42.1 Å². The molecule has 0 rings (SSSR count). The summed E-state index contributed by atoms with van der Waals surface area (Å²) >= 11 is 0. The van der Waals surface area contributed by atoms with Crippen molar-refractivity contribution in [2.45, 2.75) is 277 Å². The van der Waals surface area contributed by atoms with E-state index in [1.54, 1.807) is 0 Å². The number of hydrogen-bond donors (Lipinski definition) is 0. The van der Waals surface area contributed by atoms with Gasteiger partial charge in [-0.15, -0.1) is 0 Å². The van der Waals surface area contributed by atoms with E-state index >= 15 is 0 Å². The second kappa shape index (κ2) is 65.3. The van der Waals surface area contributed by atoms with Gasteiger partial charge in [-0.2, -0.15) is 0 Å². The van der Waals surface area contributed by atoms with Gasteiger partial charge in [0, 0.05) is 12.8 Å². The quantitative estimate of drug-likeness (QED) is 0.0195. The van der Waals surface area contributed by atoms with Gasteiger partial charge < -0.3 is 27.9 Å². The Morgan fingerprint density at radius 1 is 0.372 bits per heavy atom. The molecule has 0 saturated heterocycles. The Bertz CT molecular complexity index is 1960. The summed E-state index contributed by atoms with van der Waals surface area (Å²) in [6.45, 7) is 4.10. The second-order valence-corrected chi connectivity index (χ2v) is 25.2. The monoisotopic (exact) mass is 1210 g/mol. The van der Waals surface area contributed by atoms with Crippen LogP contribution in [0.2, 0.25) is 0 Å². The molecule has 0 spiro atoms. The fourth-order valence-electron chi connectivity index (χ4n) is 9.07. The highest BCUT2D eigenvalue weighted by Crippen LogP contribution is 2.38. The normalized spacial score (nSPS) is 14.1. The summed E-state index contributed by atoms with van der Waals surface area (Å²) in [6.07, 6.45) is 96.2. The Balaban J connectivity index is 4.14. The van der Waals surface area contributed by atoms with Crippen molar-refractivity contribution in [3.8, 4) is 0 Å². The number of unbranched alkanes of at least 4 members (excludes halogenated alkanes) is 24. The highest BCUT2D eigenvalue weighted by molar-refractivity contribution is 7.45. The SMILES string of the molecule is CC/C=C\C/C=C\C/C=C\C/C=C\C/C=C\C/C=C\C/C=C\C/C=C\C/C=C\CCCCCCCCCCCC(=O)OC(COC(=O)CCCCCCCCCCCC/C=C\C/C=C\C/C=C\CCCCCCC)COP(=O)([O-])OCC[N+](C)(C)C. The van der Waals surface area contributed by atoms with Gasteiger partial charge in [-0.05, 0) is 122 Å². The van der Waals surface area contributed by atoms with Crippen LogP contribution in [0, 0.1) is 0 Å². The molecule has 0 heterocycles. The van der Waals surface area contributed by atoms with Crippen molar-refractivity contribution in [3.63, 3.8) is 0 Å². The molecule has 0 radical (unpaired) electrons. The fraction of sp³-hybridized carbons (Fsp3) is 0.658. The molecule has 0 fully saturated rings. The molecule has 0 saturated carbocycles. The molecule has 0 bridgehead atoms. The minimum atomic E-state index is -4.65. The predicted molar refractivity (Wildman–Crippen MR) is 369 cm³/mol. The number of nitrogens with zero attached hydrogens (tertiary/aromatic N) is 1. The number of allylic oxidation sites excluding steroid dienone is 24. The number of phosphoric acid groups is 1. The smallest absolute Gasteiger partial charge is 0.306 e. The average molecular weight is 1210 g/mol. The summed E-state index contributed by atoms with van der Waals surface area (Å²) in [5, 5.41) is 0. The molecule has 490 valence electrons. The van der Waals surface area contributed by atoms with Crippen molar-refractivity contribution in [1.82, 2.24) is 0 Å². The van der Waals surface area contributed by atoms with Gasteiger partial charge in [-0.3, -0.25) is 14.2 Å². The van der Waals surface area contributed by atoms with Gasteiger partial charge in [-0.1, -0.05) is 282 Å². The molecule has 0 aromatic heterocycles. The first-order valence-corrected chi connectivity index (χ1v) is 36.0. The van der Waals surface area contributed by atoms with E-state index in [2.05, 4.69) is 160 Å². The van der Waals surface area contributed by atoms with Crippen LogP contribution >= 0.6 is 7.82 Å². The first kappa shape index (κ1) is 81.9. The van der Waals surface area contributed by atoms with Gasteiger partial charge in [0.15, 0.2) is 6.10 Å². The minimum absolute atomic E-state index is 0.0397. The van der Waals surface area contributed by atoms with Gasteiger partial charge >= 0.3 is 11.9 Å². The molecule has 2 atom stereocenters. The zero-order chi connectivity index (χ0) is 62.6. The van der Waals surface area contributed by atoms with E-state index in [0.29, 0.717) is 17.4 Å². The number of ether oxygens (including phenoxy) is 2. The summed E-state index contributed by atoms with van der Waals surface area (Å²) in [4.78, 5) is 38.1. The Labute approximate surface area is 529 Å². The Morgan fingerprint density at radius 2 is 0.663 bits per heavy atom. The zero-order valence-electron chi connectivity index (χ0n) is 55.7. The van der Waals surface area contributed by atoms with Crippen molar-refractivity contribution in [2.24, 2.45) is 0 Å². The number of phosphoric ester groups is 1. The molecular weight excluding hydrogens is 1090 g/mol. The summed E-state index contributed by atoms with van der Waals surface area (Å²) in [5.41, 5.74) is 0. The maximum Gasteiger partial charge on any atom is 0.306 e. The lowest BCUT2D eigenvalue weighted by atomic mass is 10.0. The molecule has 0 aliphatic rings. The van der Waals surface area contributed by atoms with Gasteiger partial charge in [0.2, 0.25) is 0 Å². The van der Waals surface area contributed by atoms with Crippen LogP contribution < -0.4 is 4.89 Å². The first-order valence-electron chi connectivity index (χ1n) is 34.5. The van der Waals surface area contributed by atoms with Crippen LogP contribution in [0.15, 0.2) is 146 Å². The van der Waals surface area contributed by atoms with Crippen LogP contribution in [0.3, 0.4) is 0 Å². The molecule has 0 aromatic carbocycles. The largest absolute Gasteiger partial charge is 0.756 e. The number of carbonyl (C=O) groups excluding carboxylic acids is 2. The summed E-state index contributed by atoms with van der Waals surface area (Å²) in [5.74, 6) is -0.849. The van der Waals surface area contributed by atoms with Crippen molar-refractivity contribution in [1.29, 1.82) is 0 Å². The highest BCUT2D eigenvalue weighted by atomic mass is 31.2. The van der Waals surface area contributed by atoms with Gasteiger partial charge in [0.25, 0.3) is 7.82 Å². The van der Waals surface area contributed by atoms with Crippen LogP contribution in [-0.4, -0.2) is 70.0 Å². The molecule has 2 unspecified atom stereocenters. The third-order valence-corrected chi connectivity index (χ3v) is 15.3. The number of quaternary nitrogens is 1. The molecule has 9 nitrogen and oxygen atoms in total. The van der Waals surface area contributed by atoms with E-state index in [9.17, 15) is 19.0 Å². The van der Waals surface area contributed by atoms with Gasteiger partial charge in [-0.25, -0.2) is 0 Å². The van der Waals surface area contributed by atoms with Crippen LogP contribution in [0.25, 0.3) is 0 Å². The fourth-order valence-corrected chi connectivity index (χ4v) is 9.80. The zero-order valence-corrected chi connectivity index (χ0v) is 56.6. The van der Waals surface area contributed by atoms with Crippen LogP contribution in [0.1, 0.15) is 271 Å². The second-order valence-electron chi connectivity index (χ2n) is 23.8. The van der Waals surface area contributed by atoms with Crippen LogP contribution in [0.5, 0.6) is 0 Å². The highest BCUT2D eigenvalue weighted by Gasteiger charge is 2.22. The maximum absolute atomic E-state index is 12.9. The lowest BCUT2D eigenvalue weighted by Gasteiger charge is -2.28. The van der Waals surface area contributed by atoms with Gasteiger partial charge in [0.05, 0.1) is 27.7 Å². The lowest BCUT2D eigenvalue weighted by Crippen LogP contribution is -2.37. The molecule has 0 aromatic rings. The van der Waals surface area contributed by atoms with E-state index in [0.717, 1.165) is 128 Å². The summed E-state index contributed by atoms with van der Waals surface area (Å²) in [6, 6.07) is 0. The topological polar surface area (TPSA) is 111 Å². The Hall–Kier alpha value is -4.11. The average Bonchev–Trinajstić information content (AvgIpc) is 3.67. The molecule has 0 N–H and O–H groups in total. The van der Waals surface area contributed by atoms with E-state index < -0.39 is 32.5 Å². The maximum atomic E-state index is 12.9. The number of esters is 2. The third-order valence-electron chi connectivity index (χ3n) is 14.3. The first-order chi connectivity index (χ1) is 42.0. The minimum Gasteiger partial charge on any atom is -0.756 e. The third kappa shape index (κ3) is 69.0. The Kier molecular flexibility index (Phi) is 62.2. The molecule has 0 aliphatic carbocycles.